The van der Waals surface area contributed by atoms with Crippen molar-refractivity contribution in [2.75, 3.05) is 10.6 Å². The van der Waals surface area contributed by atoms with Crippen molar-refractivity contribution in [2.24, 2.45) is 0 Å². The lowest BCUT2D eigenvalue weighted by molar-refractivity contribution is -0.110. The molecule has 0 spiro atoms. The van der Waals surface area contributed by atoms with Crippen molar-refractivity contribution < 1.29 is 14.3 Å². The molecule has 0 fully saturated rings. The Morgan fingerprint density at radius 2 is 1.95 bits per heavy atom. The molecule has 21 heavy (non-hydrogen) atoms. The van der Waals surface area contributed by atoms with Crippen LogP contribution in [0.25, 0.3) is 5.57 Å². The van der Waals surface area contributed by atoms with Gasteiger partial charge in [0.25, 0.3) is 5.91 Å². The molecule has 0 saturated carbocycles. The second-order valence-electron chi connectivity index (χ2n) is 4.70. The molecule has 1 aliphatic rings. The van der Waals surface area contributed by atoms with Gasteiger partial charge in [0.05, 0.1) is 12.2 Å². The van der Waals surface area contributed by atoms with Crippen molar-refractivity contribution in [3.63, 3.8) is 0 Å². The SMILES string of the molecule is O=C1Nc2ccc(F)cc2/C1=C\Nc1ccc(CO)cc1. The Bertz CT molecular complexity index is 724. The number of carbonyl (C=O) groups excluding carboxylic acids is 1. The molecule has 1 aliphatic heterocycles. The van der Waals surface area contributed by atoms with Crippen LogP contribution in [-0.4, -0.2) is 11.0 Å². The van der Waals surface area contributed by atoms with E-state index in [1.807, 2.05) is 0 Å². The number of benzene rings is 2. The minimum Gasteiger partial charge on any atom is -0.392 e. The number of hydrogen-bond acceptors (Lipinski definition) is 3. The summed E-state index contributed by atoms with van der Waals surface area (Å²) < 4.78 is 13.3. The summed E-state index contributed by atoms with van der Waals surface area (Å²) in [6.07, 6.45) is 1.55. The maximum absolute atomic E-state index is 13.3. The fourth-order valence-corrected chi connectivity index (χ4v) is 2.17. The number of hydrogen-bond donors (Lipinski definition) is 3. The lowest BCUT2D eigenvalue weighted by Gasteiger charge is -2.03. The maximum atomic E-state index is 13.3. The van der Waals surface area contributed by atoms with Crippen molar-refractivity contribution in [3.05, 3.63) is 65.6 Å². The highest BCUT2D eigenvalue weighted by Crippen LogP contribution is 2.32. The van der Waals surface area contributed by atoms with Gasteiger partial charge in [-0.1, -0.05) is 12.1 Å². The second-order valence-corrected chi connectivity index (χ2v) is 4.70. The van der Waals surface area contributed by atoms with Crippen LogP contribution in [0.3, 0.4) is 0 Å². The van der Waals surface area contributed by atoms with Crippen LogP contribution in [0.15, 0.2) is 48.7 Å². The van der Waals surface area contributed by atoms with Crippen molar-refractivity contribution in [1.29, 1.82) is 0 Å². The Hall–Kier alpha value is -2.66. The molecule has 106 valence electrons. The van der Waals surface area contributed by atoms with Gasteiger partial charge >= 0.3 is 0 Å². The molecule has 0 saturated heterocycles. The zero-order valence-corrected chi connectivity index (χ0v) is 11.1. The van der Waals surface area contributed by atoms with Gasteiger partial charge in [-0.2, -0.15) is 0 Å². The number of halogens is 1. The van der Waals surface area contributed by atoms with Crippen LogP contribution in [0, 0.1) is 5.82 Å². The molecule has 3 N–H and O–H groups in total. The number of rotatable bonds is 3. The predicted molar refractivity (Wildman–Crippen MR) is 79.0 cm³/mol. The summed E-state index contributed by atoms with van der Waals surface area (Å²) in [6.45, 7) is -0.0174. The summed E-state index contributed by atoms with van der Waals surface area (Å²) in [5, 5.41) is 14.7. The highest BCUT2D eigenvalue weighted by Gasteiger charge is 2.24. The number of fused-ring (bicyclic) bond motifs is 1. The first-order chi connectivity index (χ1) is 10.2. The largest absolute Gasteiger partial charge is 0.392 e. The molecule has 0 atom stereocenters. The molecule has 2 aromatic carbocycles. The smallest absolute Gasteiger partial charge is 0.257 e. The van der Waals surface area contributed by atoms with Gasteiger partial charge in [0.2, 0.25) is 0 Å². The van der Waals surface area contributed by atoms with Gasteiger partial charge < -0.3 is 15.7 Å². The van der Waals surface area contributed by atoms with E-state index in [1.54, 1.807) is 36.5 Å². The molecule has 1 amide bonds. The molecule has 4 nitrogen and oxygen atoms in total. The zero-order valence-electron chi connectivity index (χ0n) is 11.1. The fraction of sp³-hybridized carbons (Fsp3) is 0.0625. The van der Waals surface area contributed by atoms with Crippen LogP contribution >= 0.6 is 0 Å². The number of anilines is 2. The zero-order chi connectivity index (χ0) is 14.8. The van der Waals surface area contributed by atoms with E-state index in [2.05, 4.69) is 10.6 Å². The van der Waals surface area contributed by atoms with Gasteiger partial charge in [-0.15, -0.1) is 0 Å². The summed E-state index contributed by atoms with van der Waals surface area (Å²) in [5.41, 5.74) is 3.11. The van der Waals surface area contributed by atoms with Gasteiger partial charge in [0.15, 0.2) is 0 Å². The first-order valence-electron chi connectivity index (χ1n) is 6.45. The van der Waals surface area contributed by atoms with E-state index in [9.17, 15) is 9.18 Å². The number of aliphatic hydroxyl groups is 1. The highest BCUT2D eigenvalue weighted by atomic mass is 19.1. The maximum Gasteiger partial charge on any atom is 0.257 e. The normalized spacial score (nSPS) is 15.0. The molecule has 0 aromatic heterocycles. The van der Waals surface area contributed by atoms with E-state index >= 15 is 0 Å². The van der Waals surface area contributed by atoms with E-state index in [4.69, 9.17) is 5.11 Å². The molecule has 0 aliphatic carbocycles. The van der Waals surface area contributed by atoms with Crippen LogP contribution in [0.2, 0.25) is 0 Å². The second kappa shape index (κ2) is 5.38. The monoisotopic (exact) mass is 284 g/mol. The quantitative estimate of drug-likeness (QED) is 0.759. The third-order valence-corrected chi connectivity index (χ3v) is 3.28. The molecule has 0 radical (unpaired) electrons. The third kappa shape index (κ3) is 2.64. The van der Waals surface area contributed by atoms with Crippen molar-refractivity contribution in [2.45, 2.75) is 6.61 Å². The number of aliphatic hydroxyl groups excluding tert-OH is 1. The van der Waals surface area contributed by atoms with Crippen molar-refractivity contribution >= 4 is 22.9 Å². The first-order valence-corrected chi connectivity index (χ1v) is 6.45. The molecular formula is C16H13FN2O2. The standard InChI is InChI=1S/C16H13FN2O2/c17-11-3-6-15-13(7-11)14(16(21)19-15)8-18-12-4-1-10(9-20)2-5-12/h1-8,18,20H,9H2,(H,19,21)/b14-8+. The fourth-order valence-electron chi connectivity index (χ4n) is 2.17. The molecule has 3 rings (SSSR count). The summed E-state index contributed by atoms with van der Waals surface area (Å²) in [5.74, 6) is -0.654. The third-order valence-electron chi connectivity index (χ3n) is 3.28. The van der Waals surface area contributed by atoms with Gasteiger partial charge in [-0.05, 0) is 35.9 Å². The first kappa shape index (κ1) is 13.3. The van der Waals surface area contributed by atoms with Crippen LogP contribution in [0.5, 0.6) is 0 Å². The van der Waals surface area contributed by atoms with Crippen molar-refractivity contribution in [3.8, 4) is 0 Å². The van der Waals surface area contributed by atoms with Gasteiger partial charge in [-0.25, -0.2) is 4.39 Å². The van der Waals surface area contributed by atoms with E-state index < -0.39 is 0 Å². The highest BCUT2D eigenvalue weighted by molar-refractivity contribution is 6.31. The van der Waals surface area contributed by atoms with Gasteiger partial charge in [0.1, 0.15) is 5.82 Å². The van der Waals surface area contributed by atoms with Crippen molar-refractivity contribution in [1.82, 2.24) is 0 Å². The van der Waals surface area contributed by atoms with E-state index in [0.29, 0.717) is 16.8 Å². The minimum absolute atomic E-state index is 0.0174. The molecular weight excluding hydrogens is 271 g/mol. The number of nitrogens with one attached hydrogen (secondary N) is 2. The van der Waals surface area contributed by atoms with E-state index in [1.165, 1.54) is 12.1 Å². The molecule has 0 bridgehead atoms. The Balaban J connectivity index is 1.86. The summed E-state index contributed by atoms with van der Waals surface area (Å²) in [6, 6.07) is 11.3. The Morgan fingerprint density at radius 3 is 2.67 bits per heavy atom. The Labute approximate surface area is 120 Å². The molecule has 0 unspecified atom stereocenters. The Kier molecular flexibility index (Phi) is 3.41. The lowest BCUT2D eigenvalue weighted by atomic mass is 10.1. The average molecular weight is 284 g/mol. The number of carbonyl (C=O) groups is 1. The summed E-state index contributed by atoms with van der Waals surface area (Å²) in [4.78, 5) is 11.9. The van der Waals surface area contributed by atoms with E-state index in [-0.39, 0.29) is 18.3 Å². The lowest BCUT2D eigenvalue weighted by Crippen LogP contribution is -2.05. The summed E-state index contributed by atoms with van der Waals surface area (Å²) >= 11 is 0. The van der Waals surface area contributed by atoms with E-state index in [0.717, 1.165) is 11.3 Å². The summed E-state index contributed by atoms with van der Waals surface area (Å²) in [7, 11) is 0. The van der Waals surface area contributed by atoms with Crippen LogP contribution in [0.4, 0.5) is 15.8 Å². The predicted octanol–water partition coefficient (Wildman–Crippen LogP) is 2.72. The van der Waals surface area contributed by atoms with Crippen LogP contribution in [0.1, 0.15) is 11.1 Å². The van der Waals surface area contributed by atoms with Gasteiger partial charge in [0, 0.05) is 23.1 Å². The average Bonchev–Trinajstić information content (AvgIpc) is 2.80. The Morgan fingerprint density at radius 1 is 1.19 bits per heavy atom. The molecule has 1 heterocycles. The van der Waals surface area contributed by atoms with Crippen LogP contribution in [-0.2, 0) is 11.4 Å². The van der Waals surface area contributed by atoms with Crippen LogP contribution < -0.4 is 10.6 Å². The van der Waals surface area contributed by atoms with Gasteiger partial charge in [-0.3, -0.25) is 4.79 Å². The molecule has 5 heteroatoms. The molecule has 2 aromatic rings. The topological polar surface area (TPSA) is 61.4 Å². The number of amides is 1. The minimum atomic E-state index is -0.386.